The van der Waals surface area contributed by atoms with E-state index < -0.39 is 0 Å². The summed E-state index contributed by atoms with van der Waals surface area (Å²) in [4.78, 5) is 9.89. The fourth-order valence-electron chi connectivity index (χ4n) is 1.37. The molecule has 2 rings (SSSR count). The van der Waals surface area contributed by atoms with Crippen LogP contribution in [-0.4, -0.2) is 17.0 Å². The molecule has 2 heterocycles. The van der Waals surface area contributed by atoms with Gasteiger partial charge in [0.1, 0.15) is 5.02 Å². The molecule has 0 unspecified atom stereocenters. The predicted octanol–water partition coefficient (Wildman–Crippen LogP) is 2.41. The van der Waals surface area contributed by atoms with Crippen molar-refractivity contribution >= 4 is 34.7 Å². The third kappa shape index (κ3) is 2.43. The van der Waals surface area contributed by atoms with Crippen molar-refractivity contribution in [2.45, 2.75) is 6.54 Å². The third-order valence-electron chi connectivity index (χ3n) is 2.11. The second-order valence-electron chi connectivity index (χ2n) is 3.39. The fraction of sp³-hybridized carbons (Fsp3) is 0.200. The van der Waals surface area contributed by atoms with Gasteiger partial charge in [-0.25, -0.2) is 4.98 Å². The number of thiophene rings is 1. The van der Waals surface area contributed by atoms with Crippen LogP contribution in [-0.2, 0) is 6.54 Å². The summed E-state index contributed by atoms with van der Waals surface area (Å²) in [6.07, 6.45) is 1.52. The van der Waals surface area contributed by atoms with Crippen LogP contribution in [0.3, 0.4) is 0 Å². The largest absolute Gasteiger partial charge is 0.368 e. The number of nitrogens with two attached hydrogens (primary N) is 1. The van der Waals surface area contributed by atoms with Crippen LogP contribution < -0.4 is 10.6 Å². The van der Waals surface area contributed by atoms with Crippen LogP contribution in [0.2, 0.25) is 5.02 Å². The fourth-order valence-corrected chi connectivity index (χ4v) is 2.27. The molecule has 84 valence electrons. The van der Waals surface area contributed by atoms with Crippen molar-refractivity contribution in [3.8, 4) is 0 Å². The molecule has 0 saturated carbocycles. The number of nitrogens with zero attached hydrogens (tertiary/aromatic N) is 3. The van der Waals surface area contributed by atoms with Crippen LogP contribution >= 0.6 is 22.9 Å². The predicted molar refractivity (Wildman–Crippen MR) is 67.9 cm³/mol. The molecule has 16 heavy (non-hydrogen) atoms. The third-order valence-corrected chi connectivity index (χ3v) is 3.10. The van der Waals surface area contributed by atoms with Crippen molar-refractivity contribution < 1.29 is 0 Å². The molecule has 0 aromatic carbocycles. The Labute approximate surface area is 103 Å². The number of nitrogen functional groups attached to an aromatic ring is 1. The second-order valence-corrected chi connectivity index (χ2v) is 4.57. The highest BCUT2D eigenvalue weighted by molar-refractivity contribution is 7.07. The second kappa shape index (κ2) is 4.67. The molecule has 0 fully saturated rings. The van der Waals surface area contributed by atoms with Crippen LogP contribution in [0.1, 0.15) is 5.56 Å². The molecule has 0 aliphatic rings. The Morgan fingerprint density at radius 2 is 2.38 bits per heavy atom. The molecule has 0 radical (unpaired) electrons. The van der Waals surface area contributed by atoms with Crippen LogP contribution in [0, 0.1) is 0 Å². The van der Waals surface area contributed by atoms with Gasteiger partial charge in [0.25, 0.3) is 0 Å². The van der Waals surface area contributed by atoms with Crippen molar-refractivity contribution in [1.29, 1.82) is 0 Å². The van der Waals surface area contributed by atoms with E-state index in [0.717, 1.165) is 6.54 Å². The summed E-state index contributed by atoms with van der Waals surface area (Å²) in [6, 6.07) is 2.07. The minimum absolute atomic E-state index is 0.233. The quantitative estimate of drug-likeness (QED) is 0.914. The molecule has 0 atom stereocenters. The van der Waals surface area contributed by atoms with Gasteiger partial charge in [-0.1, -0.05) is 11.6 Å². The maximum absolute atomic E-state index is 6.01. The molecular formula is C10H11ClN4S. The number of hydrogen-bond donors (Lipinski definition) is 1. The van der Waals surface area contributed by atoms with E-state index in [0.29, 0.717) is 10.8 Å². The van der Waals surface area contributed by atoms with E-state index in [9.17, 15) is 0 Å². The molecule has 0 amide bonds. The summed E-state index contributed by atoms with van der Waals surface area (Å²) in [5.41, 5.74) is 6.76. The zero-order valence-electron chi connectivity index (χ0n) is 8.72. The number of anilines is 2. The van der Waals surface area contributed by atoms with Crippen LogP contribution in [0.4, 0.5) is 11.8 Å². The summed E-state index contributed by atoms with van der Waals surface area (Å²) in [5.74, 6) is 0.886. The molecule has 0 aliphatic carbocycles. The van der Waals surface area contributed by atoms with Gasteiger partial charge >= 0.3 is 0 Å². The van der Waals surface area contributed by atoms with E-state index in [4.69, 9.17) is 17.3 Å². The van der Waals surface area contributed by atoms with Crippen molar-refractivity contribution in [3.05, 3.63) is 33.6 Å². The molecule has 2 aromatic rings. The van der Waals surface area contributed by atoms with Gasteiger partial charge in [0.05, 0.1) is 6.20 Å². The van der Waals surface area contributed by atoms with Gasteiger partial charge in [-0.3, -0.25) is 0 Å². The Balaban J connectivity index is 2.20. The lowest BCUT2D eigenvalue weighted by molar-refractivity contribution is 0.897. The average molecular weight is 255 g/mol. The Morgan fingerprint density at radius 3 is 3.06 bits per heavy atom. The van der Waals surface area contributed by atoms with E-state index in [-0.39, 0.29) is 5.95 Å². The highest BCUT2D eigenvalue weighted by Crippen LogP contribution is 2.23. The number of rotatable bonds is 3. The van der Waals surface area contributed by atoms with E-state index in [1.54, 1.807) is 11.3 Å². The molecule has 2 N–H and O–H groups in total. The summed E-state index contributed by atoms with van der Waals surface area (Å²) < 4.78 is 0. The first-order valence-corrected chi connectivity index (χ1v) is 5.99. The Bertz CT molecular complexity index is 472. The summed E-state index contributed by atoms with van der Waals surface area (Å²) in [6.45, 7) is 0.750. The maximum Gasteiger partial charge on any atom is 0.222 e. The highest BCUT2D eigenvalue weighted by atomic mass is 35.5. The number of aromatic nitrogens is 2. The average Bonchev–Trinajstić information content (AvgIpc) is 2.74. The van der Waals surface area contributed by atoms with Crippen LogP contribution in [0.15, 0.2) is 23.0 Å². The summed E-state index contributed by atoms with van der Waals surface area (Å²) in [7, 11) is 1.92. The molecule has 4 nitrogen and oxygen atoms in total. The number of halogens is 1. The SMILES string of the molecule is CN(Cc1ccsc1)c1nc(N)ncc1Cl. The first-order valence-electron chi connectivity index (χ1n) is 4.67. The number of hydrogen-bond acceptors (Lipinski definition) is 5. The van der Waals surface area contributed by atoms with Crippen molar-refractivity contribution in [2.75, 3.05) is 17.7 Å². The minimum Gasteiger partial charge on any atom is -0.368 e. The van der Waals surface area contributed by atoms with E-state index in [2.05, 4.69) is 21.4 Å². The summed E-state index contributed by atoms with van der Waals surface area (Å²) >= 11 is 7.68. The molecule has 0 aliphatic heterocycles. The highest BCUT2D eigenvalue weighted by Gasteiger charge is 2.09. The monoisotopic (exact) mass is 254 g/mol. The Morgan fingerprint density at radius 1 is 1.56 bits per heavy atom. The molecule has 2 aromatic heterocycles. The van der Waals surface area contributed by atoms with E-state index in [1.165, 1.54) is 11.8 Å². The van der Waals surface area contributed by atoms with Gasteiger partial charge in [0.2, 0.25) is 5.95 Å². The standard InChI is InChI=1S/C10H11ClN4S/c1-15(5-7-2-3-16-6-7)9-8(11)4-13-10(12)14-9/h2-4,6H,5H2,1H3,(H2,12,13,14). The van der Waals surface area contributed by atoms with Crippen molar-refractivity contribution in [3.63, 3.8) is 0 Å². The molecule has 6 heteroatoms. The normalized spacial score (nSPS) is 10.4. The Kier molecular flexibility index (Phi) is 3.26. The van der Waals surface area contributed by atoms with Gasteiger partial charge in [-0.05, 0) is 22.4 Å². The zero-order valence-corrected chi connectivity index (χ0v) is 10.3. The molecule has 0 spiro atoms. The van der Waals surface area contributed by atoms with Crippen molar-refractivity contribution in [1.82, 2.24) is 9.97 Å². The maximum atomic E-state index is 6.01. The lowest BCUT2D eigenvalue weighted by Crippen LogP contribution is -2.18. The van der Waals surface area contributed by atoms with Gasteiger partial charge in [0.15, 0.2) is 5.82 Å². The van der Waals surface area contributed by atoms with Crippen molar-refractivity contribution in [2.24, 2.45) is 0 Å². The molecule has 0 bridgehead atoms. The summed E-state index contributed by atoms with van der Waals surface area (Å²) in [5, 5.41) is 4.64. The lowest BCUT2D eigenvalue weighted by atomic mass is 10.3. The van der Waals surface area contributed by atoms with Crippen LogP contribution in [0.25, 0.3) is 0 Å². The Hall–Kier alpha value is -1.33. The molecular weight excluding hydrogens is 244 g/mol. The van der Waals surface area contributed by atoms with Gasteiger partial charge in [-0.2, -0.15) is 16.3 Å². The smallest absolute Gasteiger partial charge is 0.222 e. The van der Waals surface area contributed by atoms with E-state index >= 15 is 0 Å². The van der Waals surface area contributed by atoms with Gasteiger partial charge < -0.3 is 10.6 Å². The molecule has 0 saturated heterocycles. The topological polar surface area (TPSA) is 55.0 Å². The van der Waals surface area contributed by atoms with Gasteiger partial charge in [-0.15, -0.1) is 0 Å². The lowest BCUT2D eigenvalue weighted by Gasteiger charge is -2.18. The van der Waals surface area contributed by atoms with Gasteiger partial charge in [0, 0.05) is 13.6 Å². The van der Waals surface area contributed by atoms with Crippen LogP contribution in [0.5, 0.6) is 0 Å². The minimum atomic E-state index is 0.233. The zero-order chi connectivity index (χ0) is 11.5. The first kappa shape index (κ1) is 11.2. The first-order chi connectivity index (χ1) is 7.66. The van der Waals surface area contributed by atoms with E-state index in [1.807, 2.05) is 17.3 Å².